The molecule has 0 unspecified atom stereocenters. The maximum Gasteiger partial charge on any atom is 0.262 e. The van der Waals surface area contributed by atoms with Gasteiger partial charge < -0.3 is 14.8 Å². The van der Waals surface area contributed by atoms with Gasteiger partial charge in [-0.05, 0) is 72.7 Å². The van der Waals surface area contributed by atoms with Crippen molar-refractivity contribution in [2.75, 3.05) is 18.5 Å². The second kappa shape index (κ2) is 12.7. The first-order valence-electron chi connectivity index (χ1n) is 13.4. The lowest BCUT2D eigenvalue weighted by Gasteiger charge is -2.39. The van der Waals surface area contributed by atoms with Crippen molar-refractivity contribution < 1.29 is 14.3 Å². The van der Waals surface area contributed by atoms with Crippen molar-refractivity contribution in [2.24, 2.45) is 11.8 Å². The van der Waals surface area contributed by atoms with Crippen LogP contribution in [0.3, 0.4) is 0 Å². The number of aryl methyl sites for hydroxylation is 1. The number of hydrogen-bond acceptors (Lipinski definition) is 5. The minimum absolute atomic E-state index is 0.0616. The molecule has 40 heavy (non-hydrogen) atoms. The zero-order chi connectivity index (χ0) is 28.2. The van der Waals surface area contributed by atoms with E-state index in [0.29, 0.717) is 39.9 Å². The number of aromatic nitrogens is 1. The zero-order valence-electron chi connectivity index (χ0n) is 22.7. The molecule has 0 bridgehead atoms. The van der Waals surface area contributed by atoms with E-state index in [-0.39, 0.29) is 24.5 Å². The van der Waals surface area contributed by atoms with Crippen molar-refractivity contribution in [3.63, 3.8) is 0 Å². The first-order valence-corrected chi connectivity index (χ1v) is 15.0. The summed E-state index contributed by atoms with van der Waals surface area (Å²) in [4.78, 5) is 17.2. The summed E-state index contributed by atoms with van der Waals surface area (Å²) in [5.41, 5.74) is 4.77. The van der Waals surface area contributed by atoms with Gasteiger partial charge in [0.25, 0.3) is 5.91 Å². The summed E-state index contributed by atoms with van der Waals surface area (Å²) < 4.78 is 12.4. The summed E-state index contributed by atoms with van der Waals surface area (Å²) in [5, 5.41) is 7.07. The van der Waals surface area contributed by atoms with E-state index in [4.69, 9.17) is 32.7 Å². The average molecular weight is 596 g/mol. The van der Waals surface area contributed by atoms with E-state index in [1.807, 2.05) is 73.0 Å². The summed E-state index contributed by atoms with van der Waals surface area (Å²) in [6.07, 6.45) is 0.918. The van der Waals surface area contributed by atoms with Gasteiger partial charge in [0.05, 0.1) is 33.5 Å². The van der Waals surface area contributed by atoms with E-state index in [9.17, 15) is 4.79 Å². The highest BCUT2D eigenvalue weighted by molar-refractivity contribution is 7.09. The smallest absolute Gasteiger partial charge is 0.262 e. The molecular formula is C32H32Cl2N2O3S. The Morgan fingerprint density at radius 3 is 2.65 bits per heavy atom. The van der Waals surface area contributed by atoms with Crippen LogP contribution in [-0.4, -0.2) is 24.1 Å². The van der Waals surface area contributed by atoms with Crippen LogP contribution in [0.25, 0.3) is 11.3 Å². The van der Waals surface area contributed by atoms with E-state index in [1.54, 1.807) is 11.3 Å². The van der Waals surface area contributed by atoms with Gasteiger partial charge in [0, 0.05) is 22.5 Å². The van der Waals surface area contributed by atoms with Crippen LogP contribution in [0.15, 0.2) is 72.1 Å². The van der Waals surface area contributed by atoms with Gasteiger partial charge in [-0.3, -0.25) is 4.79 Å². The minimum Gasteiger partial charge on any atom is -0.484 e. The summed E-state index contributed by atoms with van der Waals surface area (Å²) in [5.74, 6) is 1.38. The van der Waals surface area contributed by atoms with Gasteiger partial charge in [-0.2, -0.15) is 0 Å². The van der Waals surface area contributed by atoms with Crippen LogP contribution < -0.4 is 10.1 Å². The molecule has 8 heteroatoms. The molecule has 208 valence electrons. The van der Waals surface area contributed by atoms with Crippen LogP contribution in [0.5, 0.6) is 5.75 Å². The van der Waals surface area contributed by atoms with Crippen LogP contribution in [-0.2, 0) is 9.53 Å². The standard InChI is InChI=1S/C32H32Cl2N2O3S/c1-19(2)27-14-24(21-10-11-28(33)29(34)15-21)16-39-32(27)23-7-5-9-26(13-23)38-17-31(37)36-25-8-4-6-22(12-25)30-18-40-20(3)35-30/h4-13,15,18-19,24,27,32H,14,16-17H2,1-3H3,(H,36,37)/t24-,27-,32-/m0/s1. The Labute approximate surface area is 249 Å². The number of nitrogens with zero attached hydrogens (tertiary/aromatic N) is 1. The quantitative estimate of drug-likeness (QED) is 0.221. The first kappa shape index (κ1) is 28.6. The second-order valence-electron chi connectivity index (χ2n) is 10.5. The third-order valence-corrected chi connectivity index (χ3v) is 8.82. The molecular weight excluding hydrogens is 563 g/mol. The Kier molecular flexibility index (Phi) is 9.11. The number of carbonyl (C=O) groups excluding carboxylic acids is 1. The van der Waals surface area contributed by atoms with Gasteiger partial charge in [0.15, 0.2) is 6.61 Å². The predicted octanol–water partition coefficient (Wildman–Crippen LogP) is 8.96. The molecule has 5 nitrogen and oxygen atoms in total. The van der Waals surface area contributed by atoms with E-state index >= 15 is 0 Å². The molecule has 1 aliphatic heterocycles. The highest BCUT2D eigenvalue weighted by Gasteiger charge is 2.35. The maximum atomic E-state index is 12.7. The van der Waals surface area contributed by atoms with Gasteiger partial charge in [-0.1, -0.05) is 67.4 Å². The van der Waals surface area contributed by atoms with Crippen LogP contribution in [0.2, 0.25) is 10.0 Å². The number of thiazole rings is 1. The minimum atomic E-state index is -0.226. The normalized spacial score (nSPS) is 19.0. The fraction of sp³-hybridized carbons (Fsp3) is 0.312. The molecule has 4 aromatic rings. The topological polar surface area (TPSA) is 60.5 Å². The summed E-state index contributed by atoms with van der Waals surface area (Å²) in [6.45, 7) is 6.94. The number of hydrogen-bond donors (Lipinski definition) is 1. The zero-order valence-corrected chi connectivity index (χ0v) is 25.0. The largest absolute Gasteiger partial charge is 0.484 e. The molecule has 1 amide bonds. The number of carbonyl (C=O) groups is 1. The van der Waals surface area contributed by atoms with E-state index in [1.165, 1.54) is 0 Å². The van der Waals surface area contributed by atoms with Crippen LogP contribution in [0, 0.1) is 18.8 Å². The SMILES string of the molecule is Cc1nc(-c2cccc(NC(=O)COc3cccc([C@@H]4OC[C@@H](c5ccc(Cl)c(Cl)c5)C[C@H]4C(C)C)c3)c2)cs1. The monoisotopic (exact) mass is 594 g/mol. The van der Waals surface area contributed by atoms with Gasteiger partial charge in [-0.15, -0.1) is 11.3 Å². The third-order valence-electron chi connectivity index (χ3n) is 7.31. The van der Waals surface area contributed by atoms with Gasteiger partial charge in [0.2, 0.25) is 0 Å². The molecule has 0 spiro atoms. The molecule has 3 atom stereocenters. The van der Waals surface area contributed by atoms with Crippen molar-refractivity contribution in [1.82, 2.24) is 4.98 Å². The molecule has 2 heterocycles. The molecule has 5 rings (SSSR count). The Balaban J connectivity index is 1.22. The maximum absolute atomic E-state index is 12.7. The number of nitrogens with one attached hydrogen (secondary N) is 1. The van der Waals surface area contributed by atoms with E-state index in [0.717, 1.165) is 33.8 Å². The fourth-order valence-corrected chi connectivity index (χ4v) is 6.14. The number of amides is 1. The van der Waals surface area contributed by atoms with Gasteiger partial charge >= 0.3 is 0 Å². The lowest BCUT2D eigenvalue weighted by atomic mass is 9.76. The Morgan fingerprint density at radius 2 is 1.90 bits per heavy atom. The van der Waals surface area contributed by atoms with Crippen molar-refractivity contribution in [1.29, 1.82) is 0 Å². The highest BCUT2D eigenvalue weighted by atomic mass is 35.5. The predicted molar refractivity (Wildman–Crippen MR) is 164 cm³/mol. The number of halogens is 2. The third kappa shape index (κ3) is 6.87. The molecule has 1 aromatic heterocycles. The number of rotatable bonds is 8. The number of ether oxygens (including phenoxy) is 2. The lowest BCUT2D eigenvalue weighted by molar-refractivity contribution is -0.118. The van der Waals surface area contributed by atoms with E-state index < -0.39 is 0 Å². The van der Waals surface area contributed by atoms with Gasteiger partial charge in [-0.25, -0.2) is 4.98 Å². The van der Waals surface area contributed by atoms with Crippen molar-refractivity contribution >= 4 is 46.1 Å². The van der Waals surface area contributed by atoms with Crippen LogP contribution in [0.4, 0.5) is 5.69 Å². The molecule has 0 radical (unpaired) electrons. The Bertz CT molecular complexity index is 1490. The highest BCUT2D eigenvalue weighted by Crippen LogP contribution is 2.44. The fourth-order valence-electron chi connectivity index (χ4n) is 5.21. The Hall–Kier alpha value is -2.90. The molecule has 1 aliphatic rings. The van der Waals surface area contributed by atoms with E-state index in [2.05, 4.69) is 30.2 Å². The molecule has 1 N–H and O–H groups in total. The average Bonchev–Trinajstić information content (AvgIpc) is 3.39. The summed E-state index contributed by atoms with van der Waals surface area (Å²) in [7, 11) is 0. The molecule has 0 aliphatic carbocycles. The number of benzene rings is 3. The molecule has 1 saturated heterocycles. The van der Waals surface area contributed by atoms with Crippen molar-refractivity contribution in [3.05, 3.63) is 98.3 Å². The van der Waals surface area contributed by atoms with Crippen molar-refractivity contribution in [3.8, 4) is 17.0 Å². The first-order chi connectivity index (χ1) is 19.3. The second-order valence-corrected chi connectivity index (χ2v) is 12.4. The molecule has 0 saturated carbocycles. The molecule has 1 fully saturated rings. The molecule has 3 aromatic carbocycles. The Morgan fingerprint density at radius 1 is 1.07 bits per heavy atom. The van der Waals surface area contributed by atoms with Crippen molar-refractivity contribution in [2.45, 2.75) is 39.2 Å². The summed E-state index contributed by atoms with van der Waals surface area (Å²) in [6, 6.07) is 21.4. The van der Waals surface area contributed by atoms with Gasteiger partial charge in [0.1, 0.15) is 5.75 Å². The lowest BCUT2D eigenvalue weighted by Crippen LogP contribution is -2.31. The summed E-state index contributed by atoms with van der Waals surface area (Å²) >= 11 is 14.0. The van der Waals surface area contributed by atoms with Crippen LogP contribution >= 0.6 is 34.5 Å². The van der Waals surface area contributed by atoms with Crippen LogP contribution in [0.1, 0.15) is 48.4 Å². The number of anilines is 1.